The number of Topliss-reactive ketones (excluding diaryl/α,β-unsaturated/α-hetero) is 1. The average molecular weight is 400 g/mol. The minimum Gasteiger partial charge on any atom is -0.440 e. The zero-order valence-corrected chi connectivity index (χ0v) is 16.3. The SMILES string of the molecule is Cc1ccc(C(=O)C2c3c([nH]c(=S)[nH]c3=O)Oc3ccc4ccccc4c32)cc1. The number of H-pyrrole nitrogens is 2. The number of aromatic nitrogens is 2. The monoisotopic (exact) mass is 400 g/mol. The van der Waals surface area contributed by atoms with Crippen LogP contribution in [0.1, 0.15) is 33.0 Å². The topological polar surface area (TPSA) is 75.0 Å². The summed E-state index contributed by atoms with van der Waals surface area (Å²) in [6, 6.07) is 18.9. The number of nitrogens with one attached hydrogen (secondary N) is 2. The lowest BCUT2D eigenvalue weighted by molar-refractivity contribution is 0.0969. The first kappa shape index (κ1) is 17.6. The van der Waals surface area contributed by atoms with Crippen LogP contribution in [0, 0.1) is 11.7 Å². The lowest BCUT2D eigenvalue weighted by Crippen LogP contribution is -2.28. The summed E-state index contributed by atoms with van der Waals surface area (Å²) in [5.74, 6) is -0.216. The van der Waals surface area contributed by atoms with Crippen molar-refractivity contribution in [2.75, 3.05) is 0 Å². The second-order valence-corrected chi connectivity index (χ2v) is 7.52. The van der Waals surface area contributed by atoms with Gasteiger partial charge in [-0.1, -0.05) is 60.2 Å². The lowest BCUT2D eigenvalue weighted by Gasteiger charge is -2.27. The third kappa shape index (κ3) is 2.80. The molecule has 0 fully saturated rings. The second-order valence-electron chi connectivity index (χ2n) is 7.11. The van der Waals surface area contributed by atoms with E-state index in [2.05, 4.69) is 9.97 Å². The van der Waals surface area contributed by atoms with E-state index in [0.29, 0.717) is 16.9 Å². The van der Waals surface area contributed by atoms with Crippen molar-refractivity contribution in [3.63, 3.8) is 0 Å². The molecule has 4 aromatic rings. The Balaban J connectivity index is 1.84. The average Bonchev–Trinajstić information content (AvgIpc) is 2.72. The molecule has 3 aromatic carbocycles. The number of carbonyl (C=O) groups excluding carboxylic acids is 1. The molecular weight excluding hydrogens is 384 g/mol. The van der Waals surface area contributed by atoms with Crippen molar-refractivity contribution in [1.82, 2.24) is 9.97 Å². The Morgan fingerprint density at radius 1 is 0.966 bits per heavy atom. The molecule has 0 saturated heterocycles. The highest BCUT2D eigenvalue weighted by Crippen LogP contribution is 2.46. The van der Waals surface area contributed by atoms with Crippen LogP contribution < -0.4 is 10.3 Å². The molecular formula is C23H16N2O3S. The highest BCUT2D eigenvalue weighted by molar-refractivity contribution is 7.71. The molecule has 0 radical (unpaired) electrons. The van der Waals surface area contributed by atoms with Gasteiger partial charge in [0.2, 0.25) is 5.88 Å². The summed E-state index contributed by atoms with van der Waals surface area (Å²) in [5.41, 5.74) is 2.11. The molecule has 29 heavy (non-hydrogen) atoms. The predicted octanol–water partition coefficient (Wildman–Crippen LogP) is 5.01. The zero-order chi connectivity index (χ0) is 20.1. The first-order valence-corrected chi connectivity index (χ1v) is 9.60. The van der Waals surface area contributed by atoms with E-state index in [1.807, 2.05) is 55.5 Å². The van der Waals surface area contributed by atoms with Gasteiger partial charge in [-0.3, -0.25) is 14.6 Å². The van der Waals surface area contributed by atoms with Gasteiger partial charge in [-0.2, -0.15) is 0 Å². The van der Waals surface area contributed by atoms with Gasteiger partial charge in [0.05, 0.1) is 11.5 Å². The number of rotatable bonds is 2. The van der Waals surface area contributed by atoms with E-state index >= 15 is 0 Å². The third-order valence-corrected chi connectivity index (χ3v) is 5.47. The normalized spacial score (nSPS) is 14.7. The number of carbonyl (C=O) groups is 1. The molecule has 5 nitrogen and oxygen atoms in total. The van der Waals surface area contributed by atoms with Gasteiger partial charge in [-0.15, -0.1) is 0 Å². The highest BCUT2D eigenvalue weighted by atomic mass is 32.1. The van der Waals surface area contributed by atoms with Crippen molar-refractivity contribution < 1.29 is 9.53 Å². The van der Waals surface area contributed by atoms with Crippen LogP contribution in [0.15, 0.2) is 65.5 Å². The summed E-state index contributed by atoms with van der Waals surface area (Å²) in [7, 11) is 0. The summed E-state index contributed by atoms with van der Waals surface area (Å²) >= 11 is 5.10. The molecule has 0 amide bonds. The number of ether oxygens (including phenoxy) is 1. The predicted molar refractivity (Wildman–Crippen MR) is 114 cm³/mol. The number of hydrogen-bond donors (Lipinski definition) is 2. The van der Waals surface area contributed by atoms with Crippen LogP contribution in [-0.4, -0.2) is 15.8 Å². The maximum Gasteiger partial charge on any atom is 0.259 e. The number of fused-ring (bicyclic) bond motifs is 4. The number of hydrogen-bond acceptors (Lipinski definition) is 4. The Hall–Kier alpha value is -3.51. The Morgan fingerprint density at radius 3 is 2.52 bits per heavy atom. The molecule has 1 aliphatic heterocycles. The second kappa shape index (κ2) is 6.53. The largest absolute Gasteiger partial charge is 0.440 e. The first-order valence-electron chi connectivity index (χ1n) is 9.20. The molecule has 142 valence electrons. The lowest BCUT2D eigenvalue weighted by atomic mass is 9.81. The van der Waals surface area contributed by atoms with Crippen molar-refractivity contribution in [3.8, 4) is 11.6 Å². The van der Waals surface area contributed by atoms with Gasteiger partial charge in [0.15, 0.2) is 10.6 Å². The van der Waals surface area contributed by atoms with Gasteiger partial charge in [-0.05, 0) is 36.0 Å². The molecule has 2 N–H and O–H groups in total. The summed E-state index contributed by atoms with van der Waals surface area (Å²) in [5, 5.41) is 1.85. The molecule has 5 rings (SSSR count). The van der Waals surface area contributed by atoms with Crippen LogP contribution in [-0.2, 0) is 0 Å². The highest BCUT2D eigenvalue weighted by Gasteiger charge is 2.37. The van der Waals surface area contributed by atoms with Crippen molar-refractivity contribution in [2.24, 2.45) is 0 Å². The van der Waals surface area contributed by atoms with Gasteiger partial charge in [-0.25, -0.2) is 0 Å². The van der Waals surface area contributed by atoms with Crippen molar-refractivity contribution in [3.05, 3.63) is 98.0 Å². The Morgan fingerprint density at radius 2 is 1.72 bits per heavy atom. The zero-order valence-electron chi connectivity index (χ0n) is 15.5. The standard InChI is InChI=1S/C23H16N2O3S/c1-12-6-8-14(9-7-12)20(26)18-17-15-5-3-2-4-13(15)10-11-16(17)28-22-19(18)21(27)24-23(29)25-22/h2-11,18H,1H3,(H2,24,25,27,29). The molecule has 6 heteroatoms. The third-order valence-electron chi connectivity index (χ3n) is 5.26. The van der Waals surface area contributed by atoms with E-state index in [4.69, 9.17) is 17.0 Å². The molecule has 2 heterocycles. The fraction of sp³-hybridized carbons (Fsp3) is 0.0870. The van der Waals surface area contributed by atoms with Crippen molar-refractivity contribution in [1.29, 1.82) is 0 Å². The van der Waals surface area contributed by atoms with Crippen LogP contribution in [0.3, 0.4) is 0 Å². The minimum absolute atomic E-state index is 0.152. The van der Waals surface area contributed by atoms with E-state index in [1.165, 1.54) is 0 Å². The molecule has 0 bridgehead atoms. The number of aromatic amines is 2. The van der Waals surface area contributed by atoms with Crippen molar-refractivity contribution in [2.45, 2.75) is 12.8 Å². The van der Waals surface area contributed by atoms with E-state index in [0.717, 1.165) is 16.3 Å². The number of ketones is 1. The van der Waals surface area contributed by atoms with E-state index < -0.39 is 11.5 Å². The van der Waals surface area contributed by atoms with Crippen LogP contribution in [0.5, 0.6) is 11.6 Å². The molecule has 1 aliphatic rings. The molecule has 0 saturated carbocycles. The Kier molecular flexibility index (Phi) is 3.96. The molecule has 1 aromatic heterocycles. The summed E-state index contributed by atoms with van der Waals surface area (Å²) in [6.45, 7) is 1.96. The first-order chi connectivity index (χ1) is 14.0. The Labute approximate surface area is 171 Å². The van der Waals surface area contributed by atoms with Crippen LogP contribution >= 0.6 is 12.2 Å². The van der Waals surface area contributed by atoms with Gasteiger partial charge < -0.3 is 9.72 Å². The number of benzene rings is 3. The van der Waals surface area contributed by atoms with Gasteiger partial charge in [0, 0.05) is 11.1 Å². The van der Waals surface area contributed by atoms with Gasteiger partial charge in [0.1, 0.15) is 5.75 Å². The maximum atomic E-state index is 13.7. The fourth-order valence-electron chi connectivity index (χ4n) is 3.88. The van der Waals surface area contributed by atoms with E-state index in [1.54, 1.807) is 12.1 Å². The fourth-order valence-corrected chi connectivity index (χ4v) is 4.07. The van der Waals surface area contributed by atoms with Crippen LogP contribution in [0.4, 0.5) is 0 Å². The van der Waals surface area contributed by atoms with Crippen LogP contribution in [0.2, 0.25) is 0 Å². The van der Waals surface area contributed by atoms with E-state index in [-0.39, 0.29) is 22.0 Å². The van der Waals surface area contributed by atoms with Crippen LogP contribution in [0.25, 0.3) is 10.8 Å². The minimum atomic E-state index is -0.807. The van der Waals surface area contributed by atoms with Crippen molar-refractivity contribution >= 4 is 28.8 Å². The Bertz CT molecular complexity index is 1400. The summed E-state index contributed by atoms with van der Waals surface area (Å²) in [4.78, 5) is 32.0. The number of aryl methyl sites for hydroxylation is 1. The smallest absolute Gasteiger partial charge is 0.259 e. The van der Waals surface area contributed by atoms with Gasteiger partial charge in [0.25, 0.3) is 5.56 Å². The molecule has 1 unspecified atom stereocenters. The molecule has 0 aliphatic carbocycles. The maximum absolute atomic E-state index is 13.7. The molecule has 0 spiro atoms. The van der Waals surface area contributed by atoms with Gasteiger partial charge >= 0.3 is 0 Å². The molecule has 1 atom stereocenters. The summed E-state index contributed by atoms with van der Waals surface area (Å²) < 4.78 is 6.14. The quantitative estimate of drug-likeness (QED) is 0.366. The van der Waals surface area contributed by atoms with E-state index in [9.17, 15) is 9.59 Å². The summed E-state index contributed by atoms with van der Waals surface area (Å²) in [6.07, 6.45) is 0.